The van der Waals surface area contributed by atoms with Crippen LogP contribution < -0.4 is 10.1 Å². The predicted molar refractivity (Wildman–Crippen MR) is 64.2 cm³/mol. The average molecular weight is 253 g/mol. The second-order valence-electron chi connectivity index (χ2n) is 4.80. The van der Waals surface area contributed by atoms with Gasteiger partial charge < -0.3 is 14.8 Å². The van der Waals surface area contributed by atoms with E-state index >= 15 is 0 Å². The summed E-state index contributed by atoms with van der Waals surface area (Å²) in [6.45, 7) is 3.70. The molecule has 1 aromatic rings. The van der Waals surface area contributed by atoms with Gasteiger partial charge in [0.15, 0.2) is 0 Å². The first-order valence-electron chi connectivity index (χ1n) is 5.74. The molecule has 0 aliphatic carbocycles. The molecule has 18 heavy (non-hydrogen) atoms. The van der Waals surface area contributed by atoms with E-state index in [0.29, 0.717) is 19.8 Å². The van der Waals surface area contributed by atoms with Gasteiger partial charge in [-0.15, -0.1) is 0 Å². The second kappa shape index (κ2) is 4.94. The Kier molecular flexibility index (Phi) is 3.52. The van der Waals surface area contributed by atoms with Crippen molar-refractivity contribution in [2.75, 3.05) is 26.9 Å². The number of methoxy groups -OCH3 is 1. The Balaban J connectivity index is 2.08. The summed E-state index contributed by atoms with van der Waals surface area (Å²) in [6.07, 6.45) is 0. The fourth-order valence-corrected chi connectivity index (χ4v) is 1.83. The Morgan fingerprint density at radius 2 is 2.28 bits per heavy atom. The zero-order chi connectivity index (χ0) is 13.2. The molecule has 1 N–H and O–H groups in total. The third kappa shape index (κ3) is 2.46. The molecular formula is C13H16FNO3. The van der Waals surface area contributed by atoms with Crippen molar-refractivity contribution in [2.24, 2.45) is 5.41 Å². The molecule has 0 atom stereocenters. The molecule has 1 aliphatic heterocycles. The predicted octanol–water partition coefficient (Wildman–Crippen LogP) is 1.60. The van der Waals surface area contributed by atoms with Gasteiger partial charge in [-0.05, 0) is 12.1 Å². The number of carbonyl (C=O) groups is 1. The van der Waals surface area contributed by atoms with E-state index in [-0.39, 0.29) is 16.7 Å². The second-order valence-corrected chi connectivity index (χ2v) is 4.80. The van der Waals surface area contributed by atoms with E-state index in [9.17, 15) is 9.18 Å². The Labute approximate surface area is 105 Å². The number of rotatable bonds is 4. The fourth-order valence-electron chi connectivity index (χ4n) is 1.83. The number of hydrogen-bond acceptors (Lipinski definition) is 3. The third-order valence-corrected chi connectivity index (χ3v) is 3.00. The van der Waals surface area contributed by atoms with Gasteiger partial charge in [0.1, 0.15) is 17.1 Å². The number of benzene rings is 1. The maximum atomic E-state index is 13.6. The highest BCUT2D eigenvalue weighted by Crippen LogP contribution is 2.26. The van der Waals surface area contributed by atoms with Crippen LogP contribution in [0.1, 0.15) is 17.3 Å². The lowest BCUT2D eigenvalue weighted by molar-refractivity contribution is -0.0978. The Morgan fingerprint density at radius 3 is 2.83 bits per heavy atom. The number of carbonyl (C=O) groups excluding carboxylic acids is 1. The van der Waals surface area contributed by atoms with Crippen LogP contribution in [0.2, 0.25) is 0 Å². The minimum atomic E-state index is -0.582. The van der Waals surface area contributed by atoms with Crippen molar-refractivity contribution in [2.45, 2.75) is 6.92 Å². The van der Waals surface area contributed by atoms with E-state index in [4.69, 9.17) is 9.47 Å². The van der Waals surface area contributed by atoms with Gasteiger partial charge >= 0.3 is 0 Å². The Bertz CT molecular complexity index is 458. The average Bonchev–Trinajstić information content (AvgIpc) is 2.33. The van der Waals surface area contributed by atoms with Gasteiger partial charge in [0.25, 0.3) is 5.91 Å². The minimum Gasteiger partial charge on any atom is -0.496 e. The molecule has 1 aromatic carbocycles. The van der Waals surface area contributed by atoms with E-state index in [1.165, 1.54) is 19.2 Å². The number of ether oxygens (including phenoxy) is 2. The van der Waals surface area contributed by atoms with Gasteiger partial charge in [-0.1, -0.05) is 13.0 Å². The van der Waals surface area contributed by atoms with Crippen molar-refractivity contribution in [3.63, 3.8) is 0 Å². The van der Waals surface area contributed by atoms with E-state index < -0.39 is 11.7 Å². The summed E-state index contributed by atoms with van der Waals surface area (Å²) in [4.78, 5) is 12.0. The van der Waals surface area contributed by atoms with Gasteiger partial charge in [0.2, 0.25) is 0 Å². The van der Waals surface area contributed by atoms with Gasteiger partial charge in [-0.25, -0.2) is 4.39 Å². The molecule has 0 spiro atoms. The summed E-state index contributed by atoms with van der Waals surface area (Å²) in [5.74, 6) is -0.803. The van der Waals surface area contributed by atoms with Crippen LogP contribution in [0.3, 0.4) is 0 Å². The van der Waals surface area contributed by atoms with E-state index in [2.05, 4.69) is 5.32 Å². The summed E-state index contributed by atoms with van der Waals surface area (Å²) in [7, 11) is 1.41. The molecule has 1 saturated heterocycles. The van der Waals surface area contributed by atoms with Crippen molar-refractivity contribution in [3.8, 4) is 5.75 Å². The van der Waals surface area contributed by atoms with E-state index in [1.54, 1.807) is 6.07 Å². The molecular weight excluding hydrogens is 237 g/mol. The van der Waals surface area contributed by atoms with Crippen LogP contribution in [-0.4, -0.2) is 32.8 Å². The van der Waals surface area contributed by atoms with Gasteiger partial charge in [0.05, 0.1) is 20.3 Å². The summed E-state index contributed by atoms with van der Waals surface area (Å²) in [5, 5.41) is 2.72. The number of halogens is 1. The lowest BCUT2D eigenvalue weighted by Crippen LogP contribution is -2.48. The van der Waals surface area contributed by atoms with E-state index in [0.717, 1.165) is 0 Å². The summed E-state index contributed by atoms with van der Waals surface area (Å²) >= 11 is 0. The zero-order valence-electron chi connectivity index (χ0n) is 10.5. The molecule has 4 nitrogen and oxygen atoms in total. The Morgan fingerprint density at radius 1 is 1.56 bits per heavy atom. The lowest BCUT2D eigenvalue weighted by Gasteiger charge is -2.38. The van der Waals surface area contributed by atoms with Crippen molar-refractivity contribution in [1.29, 1.82) is 0 Å². The van der Waals surface area contributed by atoms with Crippen LogP contribution in [0.4, 0.5) is 4.39 Å². The number of hydrogen-bond donors (Lipinski definition) is 1. The van der Waals surface area contributed by atoms with Crippen molar-refractivity contribution in [3.05, 3.63) is 29.6 Å². The first-order chi connectivity index (χ1) is 8.56. The topological polar surface area (TPSA) is 47.6 Å². The van der Waals surface area contributed by atoms with Crippen molar-refractivity contribution in [1.82, 2.24) is 5.32 Å². The maximum Gasteiger partial charge on any atom is 0.258 e. The monoisotopic (exact) mass is 253 g/mol. The van der Waals surface area contributed by atoms with Crippen LogP contribution in [0.15, 0.2) is 18.2 Å². The zero-order valence-corrected chi connectivity index (χ0v) is 10.5. The normalized spacial score (nSPS) is 16.8. The minimum absolute atomic E-state index is 0.0475. The first kappa shape index (κ1) is 12.8. The van der Waals surface area contributed by atoms with E-state index in [1.807, 2.05) is 6.92 Å². The summed E-state index contributed by atoms with van der Waals surface area (Å²) in [5.41, 5.74) is -0.0995. The highest BCUT2D eigenvalue weighted by atomic mass is 19.1. The number of amides is 1. The van der Waals surface area contributed by atoms with Gasteiger partial charge in [-0.2, -0.15) is 0 Å². The van der Waals surface area contributed by atoms with Crippen LogP contribution in [0.5, 0.6) is 5.75 Å². The van der Waals surface area contributed by atoms with Gasteiger partial charge in [-0.3, -0.25) is 4.79 Å². The molecule has 0 bridgehead atoms. The van der Waals surface area contributed by atoms with Crippen molar-refractivity contribution >= 4 is 5.91 Å². The first-order valence-corrected chi connectivity index (χ1v) is 5.74. The third-order valence-electron chi connectivity index (χ3n) is 3.00. The molecule has 0 radical (unpaired) electrons. The molecule has 98 valence electrons. The maximum absolute atomic E-state index is 13.6. The fraction of sp³-hybridized carbons (Fsp3) is 0.462. The molecule has 1 amide bonds. The molecule has 0 aromatic heterocycles. The van der Waals surface area contributed by atoms with Crippen molar-refractivity contribution < 1.29 is 18.7 Å². The van der Waals surface area contributed by atoms with Crippen LogP contribution in [0, 0.1) is 11.2 Å². The largest absolute Gasteiger partial charge is 0.496 e. The lowest BCUT2D eigenvalue weighted by atomic mass is 9.88. The Hall–Kier alpha value is -1.62. The standard InChI is InChI=1S/C13H16FNO3/c1-13(7-18-8-13)6-15-12(16)11-9(14)4-3-5-10(11)17-2/h3-5H,6-8H2,1-2H3,(H,15,16). The van der Waals surface area contributed by atoms with Crippen LogP contribution >= 0.6 is 0 Å². The molecule has 5 heteroatoms. The molecule has 1 heterocycles. The van der Waals surface area contributed by atoms with Crippen LogP contribution in [0.25, 0.3) is 0 Å². The summed E-state index contributed by atoms with van der Waals surface area (Å²) in [6, 6.07) is 4.31. The van der Waals surface area contributed by atoms with Crippen LogP contribution in [-0.2, 0) is 4.74 Å². The highest BCUT2D eigenvalue weighted by Gasteiger charge is 2.34. The molecule has 2 rings (SSSR count). The highest BCUT2D eigenvalue weighted by molar-refractivity contribution is 5.97. The quantitative estimate of drug-likeness (QED) is 0.886. The smallest absolute Gasteiger partial charge is 0.258 e. The molecule has 0 saturated carbocycles. The number of nitrogens with one attached hydrogen (secondary N) is 1. The molecule has 1 aliphatic rings. The SMILES string of the molecule is COc1cccc(F)c1C(=O)NCC1(C)COC1. The summed E-state index contributed by atoms with van der Waals surface area (Å²) < 4.78 is 23.7. The molecule has 0 unspecified atom stereocenters. The molecule has 1 fully saturated rings. The van der Waals surface area contributed by atoms with Gasteiger partial charge in [0, 0.05) is 12.0 Å².